The Hall–Kier alpha value is -9.57. The first-order valence-corrected chi connectivity index (χ1v) is 22.5. The summed E-state index contributed by atoms with van der Waals surface area (Å²) in [6.45, 7) is 8.04. The summed E-state index contributed by atoms with van der Waals surface area (Å²) in [5.74, 6) is 0. The maximum absolute atomic E-state index is 15.1. The average molecular weight is 909 g/mol. The fourth-order valence-corrected chi connectivity index (χ4v) is 9.90. The molecule has 4 aromatic heterocycles. The fraction of sp³-hybridized carbons (Fsp3) is 0.0164. The van der Waals surface area contributed by atoms with Crippen molar-refractivity contribution in [1.29, 1.82) is 5.26 Å². The molecule has 0 saturated heterocycles. The van der Waals surface area contributed by atoms with E-state index in [-0.39, 0.29) is 22.4 Å². The number of nitriles is 1. The summed E-state index contributed by atoms with van der Waals surface area (Å²) in [5.41, 5.74) is 10.3. The first kappa shape index (κ1) is 41.8. The number of aromatic nitrogens is 4. The second kappa shape index (κ2) is 16.6. The van der Waals surface area contributed by atoms with Gasteiger partial charge >= 0.3 is 6.18 Å². The number of fused-ring (bicyclic) bond motifs is 6. The van der Waals surface area contributed by atoms with Crippen LogP contribution in [0.15, 0.2) is 213 Å². The van der Waals surface area contributed by atoms with Gasteiger partial charge in [0.25, 0.3) is 0 Å². The smallest absolute Gasteiger partial charge is 0.307 e. The molecule has 0 N–H and O–H groups in total. The lowest BCUT2D eigenvalue weighted by atomic mass is 9.92. The molecular formula is C61H35F3N6. The Morgan fingerprint density at radius 1 is 0.457 bits per heavy atom. The van der Waals surface area contributed by atoms with E-state index >= 15 is 13.2 Å². The lowest BCUT2D eigenvalue weighted by molar-refractivity contribution is -0.137. The predicted octanol–water partition coefficient (Wildman–Crippen LogP) is 16.4. The van der Waals surface area contributed by atoms with Gasteiger partial charge in [0.2, 0.25) is 0 Å². The first-order valence-electron chi connectivity index (χ1n) is 22.5. The van der Waals surface area contributed by atoms with Crippen molar-refractivity contribution < 1.29 is 13.2 Å². The van der Waals surface area contributed by atoms with E-state index in [2.05, 4.69) is 50.4 Å². The van der Waals surface area contributed by atoms with Gasteiger partial charge in [0.05, 0.1) is 68.6 Å². The minimum Gasteiger partial charge on any atom is -0.307 e. The van der Waals surface area contributed by atoms with E-state index in [1.165, 1.54) is 12.1 Å². The summed E-state index contributed by atoms with van der Waals surface area (Å²) in [6, 6.07) is 65.6. The van der Waals surface area contributed by atoms with Crippen LogP contribution >= 0.6 is 0 Å². The molecule has 0 atom stereocenters. The van der Waals surface area contributed by atoms with E-state index in [1.54, 1.807) is 12.1 Å². The molecule has 0 aliphatic heterocycles. The van der Waals surface area contributed by atoms with Gasteiger partial charge < -0.3 is 9.13 Å². The Balaban J connectivity index is 1.12. The van der Waals surface area contributed by atoms with Crippen LogP contribution in [0.1, 0.15) is 11.1 Å². The number of alkyl halides is 3. The molecule has 8 aromatic carbocycles. The Bertz CT molecular complexity index is 4100. The Morgan fingerprint density at radius 2 is 0.929 bits per heavy atom. The largest absolute Gasteiger partial charge is 0.415 e. The highest BCUT2D eigenvalue weighted by Crippen LogP contribution is 2.47. The second-order valence-corrected chi connectivity index (χ2v) is 17.1. The van der Waals surface area contributed by atoms with Gasteiger partial charge in [-0.15, -0.1) is 0 Å². The molecule has 0 unspecified atom stereocenters. The summed E-state index contributed by atoms with van der Waals surface area (Å²) < 4.78 is 49.3. The van der Waals surface area contributed by atoms with Crippen LogP contribution in [0, 0.1) is 17.9 Å². The third kappa shape index (κ3) is 6.96. The summed E-state index contributed by atoms with van der Waals surface area (Å²) in [7, 11) is 0. The van der Waals surface area contributed by atoms with Gasteiger partial charge in [-0.05, 0) is 77.4 Å². The van der Waals surface area contributed by atoms with Crippen LogP contribution in [0.2, 0.25) is 0 Å². The van der Waals surface area contributed by atoms with Crippen LogP contribution in [0.25, 0.3) is 116 Å². The molecule has 12 rings (SSSR count). The van der Waals surface area contributed by atoms with Crippen molar-refractivity contribution >= 4 is 49.3 Å². The van der Waals surface area contributed by atoms with Crippen LogP contribution < -0.4 is 0 Å². The third-order valence-corrected chi connectivity index (χ3v) is 13.1. The van der Waals surface area contributed by atoms with Gasteiger partial charge in [0, 0.05) is 61.8 Å². The van der Waals surface area contributed by atoms with Crippen LogP contribution in [0.3, 0.4) is 0 Å². The molecule has 0 amide bonds. The number of pyridine rings is 2. The van der Waals surface area contributed by atoms with E-state index in [4.69, 9.17) is 16.5 Å². The molecule has 0 aliphatic carbocycles. The van der Waals surface area contributed by atoms with E-state index < -0.39 is 11.7 Å². The van der Waals surface area contributed by atoms with Gasteiger partial charge in [-0.3, -0.25) is 9.97 Å². The van der Waals surface area contributed by atoms with Crippen LogP contribution in [-0.2, 0) is 6.18 Å². The molecule has 12 aromatic rings. The molecule has 0 fully saturated rings. The number of hydrogen-bond donors (Lipinski definition) is 0. The maximum atomic E-state index is 15.1. The van der Waals surface area contributed by atoms with Crippen molar-refractivity contribution in [3.8, 4) is 73.3 Å². The summed E-state index contributed by atoms with van der Waals surface area (Å²) in [4.78, 5) is 13.2. The first-order chi connectivity index (χ1) is 34.3. The quantitative estimate of drug-likeness (QED) is 0.150. The normalized spacial score (nSPS) is 11.6. The predicted molar refractivity (Wildman–Crippen MR) is 274 cm³/mol. The topological polar surface area (TPSA) is 63.8 Å². The van der Waals surface area contributed by atoms with Crippen molar-refractivity contribution in [2.45, 2.75) is 6.18 Å². The zero-order valence-electron chi connectivity index (χ0n) is 37.0. The average Bonchev–Trinajstić information content (AvgIpc) is 3.92. The minimum atomic E-state index is -4.82. The number of rotatable bonds is 7. The molecule has 330 valence electrons. The van der Waals surface area contributed by atoms with E-state index in [1.807, 2.05) is 152 Å². The summed E-state index contributed by atoms with van der Waals surface area (Å²) >= 11 is 0. The summed E-state index contributed by atoms with van der Waals surface area (Å²) in [6.07, 6.45) is -1.08. The van der Waals surface area contributed by atoms with E-state index in [0.29, 0.717) is 11.4 Å². The number of para-hydroxylation sites is 2. The molecule has 9 heteroatoms. The molecule has 0 radical (unpaired) electrons. The lowest BCUT2D eigenvalue weighted by Gasteiger charge is -2.21. The molecular weight excluding hydrogens is 874 g/mol. The highest BCUT2D eigenvalue weighted by molar-refractivity contribution is 6.13. The maximum Gasteiger partial charge on any atom is 0.415 e. The molecule has 0 saturated carbocycles. The van der Waals surface area contributed by atoms with Crippen molar-refractivity contribution in [3.05, 3.63) is 235 Å². The minimum absolute atomic E-state index is 0.00168. The lowest BCUT2D eigenvalue weighted by Crippen LogP contribution is -2.09. The molecule has 0 bridgehead atoms. The number of nitrogens with zero attached hydrogens (tertiary/aromatic N) is 6. The Kier molecular flexibility index (Phi) is 9.94. The van der Waals surface area contributed by atoms with Crippen molar-refractivity contribution in [1.82, 2.24) is 19.1 Å². The SMILES string of the molecule is [C-]#[N+]c1cccc(C(F)(F)F)c1-c1cc(-n2c3ccccc3c3cc(-c4ccc(-c5ccccc5)nc4)ccc32)c(-n2c3ccccc3c3cc(-c4ccc(-c5ccccc5)nc4)ccc32)cc1C#N. The number of benzene rings is 8. The van der Waals surface area contributed by atoms with E-state index in [9.17, 15) is 5.26 Å². The van der Waals surface area contributed by atoms with Crippen molar-refractivity contribution in [2.24, 2.45) is 0 Å². The number of halogens is 3. The Labute approximate surface area is 399 Å². The van der Waals surface area contributed by atoms with Crippen molar-refractivity contribution in [2.75, 3.05) is 0 Å². The second-order valence-electron chi connectivity index (χ2n) is 17.1. The monoisotopic (exact) mass is 908 g/mol. The van der Waals surface area contributed by atoms with E-state index in [0.717, 1.165) is 94.4 Å². The highest BCUT2D eigenvalue weighted by Gasteiger charge is 2.36. The molecule has 6 nitrogen and oxygen atoms in total. The van der Waals surface area contributed by atoms with Crippen LogP contribution in [0.4, 0.5) is 18.9 Å². The van der Waals surface area contributed by atoms with Gasteiger partial charge in [0.15, 0.2) is 5.69 Å². The third-order valence-electron chi connectivity index (χ3n) is 13.1. The Morgan fingerprint density at radius 3 is 1.40 bits per heavy atom. The molecule has 0 spiro atoms. The van der Waals surface area contributed by atoms with Crippen molar-refractivity contribution in [3.63, 3.8) is 0 Å². The van der Waals surface area contributed by atoms with Crippen LogP contribution in [-0.4, -0.2) is 19.1 Å². The summed E-state index contributed by atoms with van der Waals surface area (Å²) in [5, 5.41) is 14.7. The van der Waals surface area contributed by atoms with Gasteiger partial charge in [-0.25, -0.2) is 4.85 Å². The van der Waals surface area contributed by atoms with Crippen LogP contribution in [0.5, 0.6) is 0 Å². The molecule has 70 heavy (non-hydrogen) atoms. The zero-order chi connectivity index (χ0) is 47.5. The van der Waals surface area contributed by atoms with Gasteiger partial charge in [-0.1, -0.05) is 140 Å². The fourth-order valence-electron chi connectivity index (χ4n) is 9.90. The highest BCUT2D eigenvalue weighted by atomic mass is 19.4. The van der Waals surface area contributed by atoms with Gasteiger partial charge in [0.1, 0.15) is 0 Å². The molecule has 0 aliphatic rings. The standard InChI is InChI=1S/C61H35F3N6/c1-66-53-20-12-19-50(61(62,63)64)60(53)47-34-59(70-55-22-11-9-18-46(55)49-32-41(26-30-57(49)70)43-24-28-52(68-37-43)39-15-6-3-7-16-39)58(33-44(47)35-65)69-54-21-10-8-17-45(54)48-31-40(25-29-56(48)69)42-23-27-51(67-36-42)38-13-4-2-5-14-38/h2-34,36-37H. The zero-order valence-corrected chi connectivity index (χ0v) is 37.0. The van der Waals surface area contributed by atoms with Gasteiger partial charge in [-0.2, -0.15) is 18.4 Å². The number of hydrogen-bond acceptors (Lipinski definition) is 3. The molecule has 4 heterocycles.